The van der Waals surface area contributed by atoms with E-state index in [2.05, 4.69) is 26.1 Å². The fourth-order valence-corrected chi connectivity index (χ4v) is 2.51. The van der Waals surface area contributed by atoms with Crippen LogP contribution < -0.4 is 5.32 Å². The average Bonchev–Trinajstić information content (AvgIpc) is 2.63. The molecule has 0 bridgehead atoms. The molecule has 0 saturated carbocycles. The van der Waals surface area contributed by atoms with Gasteiger partial charge in [-0.15, -0.1) is 0 Å². The Morgan fingerprint density at radius 1 is 1.44 bits per heavy atom. The molecule has 0 aliphatic carbocycles. The molecule has 2 atom stereocenters. The van der Waals surface area contributed by atoms with E-state index < -0.39 is 0 Å². The largest absolute Gasteiger partial charge is 0.341 e. The van der Waals surface area contributed by atoms with Gasteiger partial charge in [-0.25, -0.2) is 0 Å². The van der Waals surface area contributed by atoms with Crippen molar-refractivity contribution in [2.45, 2.75) is 58.5 Å². The van der Waals surface area contributed by atoms with Crippen molar-refractivity contribution >= 4 is 5.91 Å². The van der Waals surface area contributed by atoms with E-state index in [9.17, 15) is 4.79 Å². The molecule has 3 heteroatoms. The predicted molar refractivity (Wildman–Crippen MR) is 67.3 cm³/mol. The molecular weight excluding hydrogens is 200 g/mol. The molecule has 3 nitrogen and oxygen atoms in total. The Labute approximate surface area is 99.6 Å². The smallest absolute Gasteiger partial charge is 0.242 e. The average molecular weight is 226 g/mol. The van der Waals surface area contributed by atoms with Gasteiger partial charge in [0, 0.05) is 13.1 Å². The topological polar surface area (TPSA) is 32.3 Å². The van der Waals surface area contributed by atoms with Gasteiger partial charge in [-0.3, -0.25) is 4.79 Å². The zero-order chi connectivity index (χ0) is 12.3. The number of hydrogen-bond donors (Lipinski definition) is 1. The van der Waals surface area contributed by atoms with E-state index in [4.69, 9.17) is 0 Å². The molecule has 1 saturated heterocycles. The molecule has 2 unspecified atom stereocenters. The molecule has 1 heterocycles. The molecule has 0 radical (unpaired) electrons. The van der Waals surface area contributed by atoms with Crippen LogP contribution >= 0.6 is 0 Å². The van der Waals surface area contributed by atoms with Gasteiger partial charge in [0.1, 0.15) is 0 Å². The van der Waals surface area contributed by atoms with E-state index in [1.165, 1.54) is 0 Å². The number of nitrogens with one attached hydrogen (secondary N) is 1. The quantitative estimate of drug-likeness (QED) is 0.795. The number of carbonyl (C=O) groups is 1. The SMILES string of the molecule is CC(C)CC(C)N(C)C(=O)C1(C)CCCN1. The van der Waals surface area contributed by atoms with Crippen LogP contribution in [0.4, 0.5) is 0 Å². The zero-order valence-electron chi connectivity index (χ0n) is 11.3. The van der Waals surface area contributed by atoms with Crippen LogP contribution in [0.2, 0.25) is 0 Å². The maximum Gasteiger partial charge on any atom is 0.242 e. The Morgan fingerprint density at radius 2 is 2.06 bits per heavy atom. The van der Waals surface area contributed by atoms with E-state index in [0.717, 1.165) is 25.8 Å². The first-order valence-electron chi connectivity index (χ1n) is 6.39. The van der Waals surface area contributed by atoms with Crippen molar-refractivity contribution < 1.29 is 4.79 Å². The molecule has 16 heavy (non-hydrogen) atoms. The van der Waals surface area contributed by atoms with E-state index in [1.807, 2.05) is 18.9 Å². The van der Waals surface area contributed by atoms with Crippen molar-refractivity contribution in [2.24, 2.45) is 5.92 Å². The molecule has 1 amide bonds. The zero-order valence-corrected chi connectivity index (χ0v) is 11.3. The monoisotopic (exact) mass is 226 g/mol. The summed E-state index contributed by atoms with van der Waals surface area (Å²) in [6, 6.07) is 0.326. The number of rotatable bonds is 4. The summed E-state index contributed by atoms with van der Waals surface area (Å²) in [5.74, 6) is 0.882. The van der Waals surface area contributed by atoms with Gasteiger partial charge in [-0.1, -0.05) is 13.8 Å². The highest BCUT2D eigenvalue weighted by Gasteiger charge is 2.38. The fourth-order valence-electron chi connectivity index (χ4n) is 2.51. The fraction of sp³-hybridized carbons (Fsp3) is 0.923. The van der Waals surface area contributed by atoms with Gasteiger partial charge in [0.25, 0.3) is 0 Å². The van der Waals surface area contributed by atoms with Crippen LogP contribution in [0.5, 0.6) is 0 Å². The minimum atomic E-state index is -0.319. The molecular formula is C13H26N2O. The molecule has 0 spiro atoms. The summed E-state index contributed by atoms with van der Waals surface area (Å²) < 4.78 is 0. The van der Waals surface area contributed by atoms with Crippen molar-refractivity contribution in [1.82, 2.24) is 10.2 Å². The molecule has 0 aromatic carbocycles. The molecule has 1 rings (SSSR count). The second-order valence-corrected chi connectivity index (χ2v) is 5.76. The molecule has 1 aliphatic rings. The maximum atomic E-state index is 12.4. The van der Waals surface area contributed by atoms with E-state index in [1.54, 1.807) is 0 Å². The molecule has 0 aromatic rings. The van der Waals surface area contributed by atoms with E-state index in [0.29, 0.717) is 12.0 Å². The number of hydrogen-bond acceptors (Lipinski definition) is 2. The van der Waals surface area contributed by atoms with Crippen LogP contribution in [0.3, 0.4) is 0 Å². The molecule has 1 aliphatic heterocycles. The summed E-state index contributed by atoms with van der Waals surface area (Å²) >= 11 is 0. The molecule has 1 fully saturated rings. The predicted octanol–water partition coefficient (Wildman–Crippen LogP) is 2.02. The highest BCUT2D eigenvalue weighted by Crippen LogP contribution is 2.22. The third-order valence-corrected chi connectivity index (χ3v) is 3.63. The van der Waals surface area contributed by atoms with E-state index >= 15 is 0 Å². The third kappa shape index (κ3) is 2.97. The summed E-state index contributed by atoms with van der Waals surface area (Å²) in [5.41, 5.74) is -0.319. The highest BCUT2D eigenvalue weighted by molar-refractivity contribution is 5.86. The van der Waals surface area contributed by atoms with Gasteiger partial charge < -0.3 is 10.2 Å². The van der Waals surface area contributed by atoms with Gasteiger partial charge in [0.2, 0.25) is 5.91 Å². The second-order valence-electron chi connectivity index (χ2n) is 5.76. The van der Waals surface area contributed by atoms with Crippen molar-refractivity contribution in [3.63, 3.8) is 0 Å². The van der Waals surface area contributed by atoms with Crippen LogP contribution in [0, 0.1) is 5.92 Å². The van der Waals surface area contributed by atoms with Crippen LogP contribution in [-0.2, 0) is 4.79 Å². The van der Waals surface area contributed by atoms with E-state index in [-0.39, 0.29) is 11.4 Å². The van der Waals surface area contributed by atoms with Gasteiger partial charge in [0.15, 0.2) is 0 Å². The minimum Gasteiger partial charge on any atom is -0.341 e. The Bertz CT molecular complexity index is 244. The number of likely N-dealkylation sites (N-methyl/N-ethyl adjacent to an activating group) is 1. The Kier molecular flexibility index (Phi) is 4.36. The Hall–Kier alpha value is -0.570. The lowest BCUT2D eigenvalue weighted by Gasteiger charge is -2.33. The molecule has 0 aromatic heterocycles. The van der Waals surface area contributed by atoms with Crippen molar-refractivity contribution in [3.05, 3.63) is 0 Å². The van der Waals surface area contributed by atoms with Crippen molar-refractivity contribution in [3.8, 4) is 0 Å². The van der Waals surface area contributed by atoms with Crippen LogP contribution in [0.25, 0.3) is 0 Å². The third-order valence-electron chi connectivity index (χ3n) is 3.63. The molecule has 94 valence electrons. The second kappa shape index (κ2) is 5.17. The van der Waals surface area contributed by atoms with Crippen LogP contribution in [0.1, 0.15) is 47.0 Å². The molecule has 1 N–H and O–H groups in total. The maximum absolute atomic E-state index is 12.4. The number of amides is 1. The van der Waals surface area contributed by atoms with Crippen molar-refractivity contribution in [2.75, 3.05) is 13.6 Å². The van der Waals surface area contributed by atoms with Gasteiger partial charge in [0.05, 0.1) is 5.54 Å². The van der Waals surface area contributed by atoms with Crippen LogP contribution in [-0.4, -0.2) is 36.0 Å². The Balaban J connectivity index is 2.59. The lowest BCUT2D eigenvalue weighted by atomic mass is 9.96. The van der Waals surface area contributed by atoms with Crippen LogP contribution in [0.15, 0.2) is 0 Å². The summed E-state index contributed by atoms with van der Waals surface area (Å²) in [5, 5.41) is 3.33. The first-order chi connectivity index (χ1) is 7.37. The summed E-state index contributed by atoms with van der Waals surface area (Å²) in [6.07, 6.45) is 3.14. The lowest BCUT2D eigenvalue weighted by Crippen LogP contribution is -2.54. The normalized spacial score (nSPS) is 27.1. The number of carbonyl (C=O) groups excluding carboxylic acids is 1. The van der Waals surface area contributed by atoms with Crippen molar-refractivity contribution in [1.29, 1.82) is 0 Å². The first kappa shape index (κ1) is 13.5. The Morgan fingerprint density at radius 3 is 2.50 bits per heavy atom. The summed E-state index contributed by atoms with van der Waals surface area (Å²) in [4.78, 5) is 14.3. The lowest BCUT2D eigenvalue weighted by molar-refractivity contribution is -0.137. The van der Waals surface area contributed by atoms with Gasteiger partial charge in [-0.2, -0.15) is 0 Å². The minimum absolute atomic E-state index is 0.248. The first-order valence-corrected chi connectivity index (χ1v) is 6.39. The van der Waals surface area contributed by atoms with Gasteiger partial charge >= 0.3 is 0 Å². The summed E-state index contributed by atoms with van der Waals surface area (Å²) in [7, 11) is 1.93. The highest BCUT2D eigenvalue weighted by atomic mass is 16.2. The number of nitrogens with zero attached hydrogens (tertiary/aromatic N) is 1. The summed E-state index contributed by atoms with van der Waals surface area (Å²) in [6.45, 7) is 9.53. The standard InChI is InChI=1S/C13H26N2O/c1-10(2)9-11(3)15(5)12(16)13(4)7-6-8-14-13/h10-11,14H,6-9H2,1-5H3. The van der Waals surface area contributed by atoms with Gasteiger partial charge in [-0.05, 0) is 45.6 Å².